The molecule has 0 aliphatic carbocycles. The van der Waals surface area contributed by atoms with E-state index >= 15 is 0 Å². The number of likely N-dealkylation sites (tertiary alicyclic amines) is 1. The quantitative estimate of drug-likeness (QED) is 0.868. The maximum absolute atomic E-state index is 12.6. The zero-order valence-electron chi connectivity index (χ0n) is 16.7. The van der Waals surface area contributed by atoms with E-state index in [4.69, 9.17) is 14.0 Å². The number of nitrogens with one attached hydrogen (secondary N) is 1. The van der Waals surface area contributed by atoms with Gasteiger partial charge in [-0.1, -0.05) is 32.0 Å². The average Bonchev–Trinajstić information content (AvgIpc) is 3.30. The molecule has 2 aromatic rings. The fraction of sp³-hybridized carbons (Fsp3) is 0.524. The topological polar surface area (TPSA) is 76.8 Å². The smallest absolute Gasteiger partial charge is 0.240 e. The van der Waals surface area contributed by atoms with Crippen molar-refractivity contribution < 1.29 is 18.8 Å². The Labute approximate surface area is 165 Å². The van der Waals surface area contributed by atoms with E-state index in [-0.39, 0.29) is 17.4 Å². The number of nitrogens with zero attached hydrogens (tertiary/aromatic N) is 2. The van der Waals surface area contributed by atoms with Gasteiger partial charge in [-0.15, -0.1) is 0 Å². The van der Waals surface area contributed by atoms with E-state index in [1.807, 2.05) is 12.1 Å². The van der Waals surface area contributed by atoms with Crippen LogP contribution in [0, 0.1) is 0 Å². The summed E-state index contributed by atoms with van der Waals surface area (Å²) in [7, 11) is 0. The third kappa shape index (κ3) is 3.99. The number of hydrogen-bond donors (Lipinski definition) is 1. The van der Waals surface area contributed by atoms with Gasteiger partial charge in [0.25, 0.3) is 0 Å². The van der Waals surface area contributed by atoms with Gasteiger partial charge in [0.1, 0.15) is 13.2 Å². The van der Waals surface area contributed by atoms with Crippen LogP contribution in [0.15, 0.2) is 28.8 Å². The number of rotatable bonds is 4. The molecule has 4 rings (SSSR count). The second kappa shape index (κ2) is 7.47. The predicted molar refractivity (Wildman–Crippen MR) is 105 cm³/mol. The Hall–Kier alpha value is -2.54. The first-order valence-electron chi connectivity index (χ1n) is 9.81. The summed E-state index contributed by atoms with van der Waals surface area (Å²) in [5, 5.41) is 6.88. The lowest BCUT2D eigenvalue weighted by molar-refractivity contribution is -0.117. The fourth-order valence-corrected chi connectivity index (χ4v) is 3.71. The summed E-state index contributed by atoms with van der Waals surface area (Å²) >= 11 is 0. The van der Waals surface area contributed by atoms with Gasteiger partial charge in [-0.3, -0.25) is 15.0 Å². The van der Waals surface area contributed by atoms with Gasteiger partial charge < -0.3 is 14.0 Å². The molecule has 7 heteroatoms. The van der Waals surface area contributed by atoms with Crippen LogP contribution < -0.4 is 14.8 Å². The SMILES string of the molecule is CC(C)(C)c1cc(NC(=O)CN2CCC[C@H]2c2ccc3c(c2)OCCO3)on1. The Bertz CT molecular complexity index is 856. The molecule has 1 fully saturated rings. The van der Waals surface area contributed by atoms with E-state index in [9.17, 15) is 4.79 Å². The Balaban J connectivity index is 1.41. The molecule has 2 aliphatic rings. The van der Waals surface area contributed by atoms with Crippen LogP contribution >= 0.6 is 0 Å². The molecule has 3 heterocycles. The van der Waals surface area contributed by atoms with Gasteiger partial charge >= 0.3 is 0 Å². The summed E-state index contributed by atoms with van der Waals surface area (Å²) in [6, 6.07) is 8.06. The van der Waals surface area contributed by atoms with E-state index in [1.165, 1.54) is 0 Å². The highest BCUT2D eigenvalue weighted by Gasteiger charge is 2.29. The van der Waals surface area contributed by atoms with E-state index in [0.717, 1.165) is 42.1 Å². The first-order chi connectivity index (χ1) is 13.4. The molecular formula is C21H27N3O4. The van der Waals surface area contributed by atoms with Gasteiger partial charge in [-0.25, -0.2) is 0 Å². The largest absolute Gasteiger partial charge is 0.486 e. The lowest BCUT2D eigenvalue weighted by Gasteiger charge is -2.26. The lowest BCUT2D eigenvalue weighted by atomic mass is 9.92. The Morgan fingerprint density at radius 2 is 2.00 bits per heavy atom. The summed E-state index contributed by atoms with van der Waals surface area (Å²) in [6.07, 6.45) is 2.08. The summed E-state index contributed by atoms with van der Waals surface area (Å²) < 4.78 is 16.6. The second-order valence-electron chi connectivity index (χ2n) is 8.41. The van der Waals surface area contributed by atoms with Gasteiger partial charge in [0.15, 0.2) is 11.5 Å². The van der Waals surface area contributed by atoms with Crippen molar-refractivity contribution in [1.82, 2.24) is 10.1 Å². The highest BCUT2D eigenvalue weighted by Crippen LogP contribution is 2.38. The van der Waals surface area contributed by atoms with Gasteiger partial charge in [-0.2, -0.15) is 0 Å². The van der Waals surface area contributed by atoms with Crippen molar-refractivity contribution in [3.8, 4) is 11.5 Å². The van der Waals surface area contributed by atoms with Gasteiger partial charge in [0, 0.05) is 17.5 Å². The molecule has 1 saturated heterocycles. The van der Waals surface area contributed by atoms with Crippen LogP contribution in [0.1, 0.15) is 50.9 Å². The van der Waals surface area contributed by atoms with Crippen LogP contribution in [0.4, 0.5) is 5.88 Å². The number of aromatic nitrogens is 1. The van der Waals surface area contributed by atoms with Gasteiger partial charge in [0.2, 0.25) is 11.8 Å². The van der Waals surface area contributed by atoms with Crippen LogP contribution in [0.2, 0.25) is 0 Å². The van der Waals surface area contributed by atoms with Crippen LogP contribution in [-0.4, -0.2) is 42.3 Å². The number of carbonyl (C=O) groups excluding carboxylic acids is 1. The normalized spacial score (nSPS) is 19.6. The Morgan fingerprint density at radius 1 is 1.21 bits per heavy atom. The van der Waals surface area contributed by atoms with E-state index < -0.39 is 0 Å². The predicted octanol–water partition coefficient (Wildman–Crippen LogP) is 3.52. The zero-order valence-corrected chi connectivity index (χ0v) is 16.7. The second-order valence-corrected chi connectivity index (χ2v) is 8.41. The highest BCUT2D eigenvalue weighted by atomic mass is 16.6. The minimum Gasteiger partial charge on any atom is -0.486 e. The number of amides is 1. The first-order valence-corrected chi connectivity index (χ1v) is 9.81. The number of anilines is 1. The molecule has 1 atom stereocenters. The molecule has 1 aromatic heterocycles. The van der Waals surface area contributed by atoms with Crippen molar-refractivity contribution in [1.29, 1.82) is 0 Å². The van der Waals surface area contributed by atoms with Crippen molar-refractivity contribution in [3.63, 3.8) is 0 Å². The number of hydrogen-bond acceptors (Lipinski definition) is 6. The molecule has 0 radical (unpaired) electrons. The van der Waals surface area contributed by atoms with Crippen molar-refractivity contribution in [2.75, 3.05) is 31.6 Å². The van der Waals surface area contributed by atoms with Crippen molar-refractivity contribution >= 4 is 11.8 Å². The molecule has 7 nitrogen and oxygen atoms in total. The summed E-state index contributed by atoms with van der Waals surface area (Å²) in [6.45, 7) is 8.51. The zero-order chi connectivity index (χ0) is 19.7. The van der Waals surface area contributed by atoms with E-state index in [0.29, 0.717) is 25.6 Å². The van der Waals surface area contributed by atoms with Crippen molar-refractivity contribution in [3.05, 3.63) is 35.5 Å². The standard InChI is InChI=1S/C21H27N3O4/c1-21(2,3)18-12-20(28-23-18)22-19(25)13-24-8-4-5-15(24)14-6-7-16-17(11-14)27-10-9-26-16/h6-7,11-12,15H,4-5,8-10,13H2,1-3H3,(H,22,25)/t15-/m0/s1. The average molecular weight is 385 g/mol. The molecule has 0 unspecified atom stereocenters. The Kier molecular flexibility index (Phi) is 5.02. The molecular weight excluding hydrogens is 358 g/mol. The number of ether oxygens (including phenoxy) is 2. The third-order valence-electron chi connectivity index (χ3n) is 5.20. The first kappa shape index (κ1) is 18.8. The number of benzene rings is 1. The Morgan fingerprint density at radius 3 is 2.75 bits per heavy atom. The monoisotopic (exact) mass is 385 g/mol. The van der Waals surface area contributed by atoms with Crippen LogP contribution in [-0.2, 0) is 10.2 Å². The molecule has 0 saturated carbocycles. The number of fused-ring (bicyclic) bond motifs is 1. The van der Waals surface area contributed by atoms with Gasteiger partial charge in [0.05, 0.1) is 12.2 Å². The minimum atomic E-state index is -0.120. The molecule has 1 amide bonds. The van der Waals surface area contributed by atoms with Crippen LogP contribution in [0.5, 0.6) is 11.5 Å². The third-order valence-corrected chi connectivity index (χ3v) is 5.20. The minimum absolute atomic E-state index is 0.0962. The fourth-order valence-electron chi connectivity index (χ4n) is 3.71. The van der Waals surface area contributed by atoms with Crippen molar-refractivity contribution in [2.24, 2.45) is 0 Å². The van der Waals surface area contributed by atoms with E-state index in [1.54, 1.807) is 6.07 Å². The molecule has 150 valence electrons. The maximum atomic E-state index is 12.6. The van der Waals surface area contributed by atoms with Gasteiger partial charge in [-0.05, 0) is 37.1 Å². The maximum Gasteiger partial charge on any atom is 0.240 e. The highest BCUT2D eigenvalue weighted by molar-refractivity contribution is 5.91. The molecule has 0 bridgehead atoms. The molecule has 1 N–H and O–H groups in total. The summed E-state index contributed by atoms with van der Waals surface area (Å²) in [5.74, 6) is 1.87. The number of carbonyl (C=O) groups is 1. The molecule has 2 aliphatic heterocycles. The molecule has 0 spiro atoms. The molecule has 1 aromatic carbocycles. The van der Waals surface area contributed by atoms with Crippen LogP contribution in [0.3, 0.4) is 0 Å². The molecule has 28 heavy (non-hydrogen) atoms. The summed E-state index contributed by atoms with van der Waals surface area (Å²) in [4.78, 5) is 14.7. The van der Waals surface area contributed by atoms with E-state index in [2.05, 4.69) is 42.2 Å². The summed E-state index contributed by atoms with van der Waals surface area (Å²) in [5.41, 5.74) is 1.85. The lowest BCUT2D eigenvalue weighted by Crippen LogP contribution is -2.33. The van der Waals surface area contributed by atoms with Crippen molar-refractivity contribution in [2.45, 2.75) is 45.1 Å². The van der Waals surface area contributed by atoms with Crippen LogP contribution in [0.25, 0.3) is 0 Å².